The Kier molecular flexibility index (Phi) is 6.53. The van der Waals surface area contributed by atoms with E-state index in [1.165, 1.54) is 0 Å². The Labute approximate surface area is 191 Å². The SMILES string of the molecule is Cc1cc(C)c(CN2CCc3ccc(OCC(=O)N4CCOCC4)c(Cl)c3C2=O)c(=O)[nH]1. The van der Waals surface area contributed by atoms with Gasteiger partial charge in [0, 0.05) is 30.9 Å². The van der Waals surface area contributed by atoms with Crippen LogP contribution in [0.1, 0.15) is 32.7 Å². The Morgan fingerprint density at radius 2 is 1.94 bits per heavy atom. The first-order chi connectivity index (χ1) is 15.3. The summed E-state index contributed by atoms with van der Waals surface area (Å²) in [6, 6.07) is 5.41. The van der Waals surface area contributed by atoms with Crippen LogP contribution in [0.3, 0.4) is 0 Å². The lowest BCUT2D eigenvalue weighted by Gasteiger charge is -2.30. The number of pyridine rings is 1. The normalized spacial score (nSPS) is 16.2. The zero-order valence-corrected chi connectivity index (χ0v) is 19.0. The molecule has 0 unspecified atom stereocenters. The number of nitrogens with one attached hydrogen (secondary N) is 1. The van der Waals surface area contributed by atoms with Crippen LogP contribution >= 0.6 is 11.6 Å². The number of hydrogen-bond donors (Lipinski definition) is 1. The zero-order valence-electron chi connectivity index (χ0n) is 18.2. The van der Waals surface area contributed by atoms with Gasteiger partial charge in [0.25, 0.3) is 17.4 Å². The molecule has 1 saturated heterocycles. The summed E-state index contributed by atoms with van der Waals surface area (Å²) < 4.78 is 10.9. The zero-order chi connectivity index (χ0) is 22.8. The lowest BCUT2D eigenvalue weighted by molar-refractivity contribution is -0.137. The summed E-state index contributed by atoms with van der Waals surface area (Å²) >= 11 is 6.56. The molecule has 1 aromatic carbocycles. The molecule has 0 radical (unpaired) electrons. The molecule has 1 aromatic heterocycles. The number of rotatable bonds is 5. The fourth-order valence-electron chi connectivity index (χ4n) is 4.13. The van der Waals surface area contributed by atoms with Gasteiger partial charge in [0.2, 0.25) is 0 Å². The van der Waals surface area contributed by atoms with Crippen molar-refractivity contribution in [1.82, 2.24) is 14.8 Å². The van der Waals surface area contributed by atoms with Crippen LogP contribution in [-0.2, 0) is 22.5 Å². The van der Waals surface area contributed by atoms with E-state index in [2.05, 4.69) is 4.98 Å². The van der Waals surface area contributed by atoms with Gasteiger partial charge in [-0.2, -0.15) is 0 Å². The lowest BCUT2D eigenvalue weighted by Crippen LogP contribution is -2.43. The summed E-state index contributed by atoms with van der Waals surface area (Å²) in [4.78, 5) is 44.1. The molecule has 2 aliphatic rings. The molecule has 0 bridgehead atoms. The molecular weight excluding hydrogens is 434 g/mol. The number of benzene rings is 1. The number of fused-ring (bicyclic) bond motifs is 1. The van der Waals surface area contributed by atoms with Crippen LogP contribution in [0, 0.1) is 13.8 Å². The van der Waals surface area contributed by atoms with E-state index >= 15 is 0 Å². The van der Waals surface area contributed by atoms with Crippen LogP contribution in [0.25, 0.3) is 0 Å². The second-order valence-electron chi connectivity index (χ2n) is 8.11. The summed E-state index contributed by atoms with van der Waals surface area (Å²) in [6.45, 7) is 6.32. The van der Waals surface area contributed by atoms with Gasteiger partial charge in [-0.05, 0) is 43.5 Å². The average Bonchev–Trinajstić information content (AvgIpc) is 2.77. The molecule has 2 aliphatic heterocycles. The molecular formula is C23H26ClN3O5. The first-order valence-electron chi connectivity index (χ1n) is 10.6. The smallest absolute Gasteiger partial charge is 0.260 e. The predicted molar refractivity (Wildman–Crippen MR) is 119 cm³/mol. The molecule has 32 heavy (non-hydrogen) atoms. The quantitative estimate of drug-likeness (QED) is 0.739. The van der Waals surface area contributed by atoms with Crippen molar-refractivity contribution in [2.45, 2.75) is 26.8 Å². The van der Waals surface area contributed by atoms with Gasteiger partial charge >= 0.3 is 0 Å². The van der Waals surface area contributed by atoms with E-state index in [0.29, 0.717) is 56.1 Å². The number of aryl methyl sites for hydroxylation is 2. The minimum absolute atomic E-state index is 0.149. The molecule has 9 heteroatoms. The molecule has 4 rings (SSSR count). The summed E-state index contributed by atoms with van der Waals surface area (Å²) in [5, 5.41) is 0.196. The molecule has 3 heterocycles. The molecule has 0 saturated carbocycles. The number of aromatic nitrogens is 1. The van der Waals surface area contributed by atoms with E-state index in [0.717, 1.165) is 16.8 Å². The largest absolute Gasteiger partial charge is 0.482 e. The molecule has 8 nitrogen and oxygen atoms in total. The number of ether oxygens (including phenoxy) is 2. The highest BCUT2D eigenvalue weighted by molar-refractivity contribution is 6.35. The maximum absolute atomic E-state index is 13.3. The van der Waals surface area contributed by atoms with Crippen molar-refractivity contribution in [3.63, 3.8) is 0 Å². The number of carbonyl (C=O) groups is 2. The van der Waals surface area contributed by atoms with Crippen LogP contribution in [-0.4, -0.2) is 66.1 Å². The topological polar surface area (TPSA) is 91.9 Å². The van der Waals surface area contributed by atoms with Gasteiger partial charge in [-0.3, -0.25) is 14.4 Å². The minimum Gasteiger partial charge on any atom is -0.482 e. The van der Waals surface area contributed by atoms with Crippen LogP contribution < -0.4 is 10.3 Å². The fourth-order valence-corrected chi connectivity index (χ4v) is 4.45. The molecule has 0 aliphatic carbocycles. The van der Waals surface area contributed by atoms with Crippen LogP contribution in [0.4, 0.5) is 0 Å². The summed E-state index contributed by atoms with van der Waals surface area (Å²) in [5.41, 5.74) is 3.20. The second kappa shape index (κ2) is 9.34. The highest BCUT2D eigenvalue weighted by Gasteiger charge is 2.29. The Morgan fingerprint density at radius 3 is 2.66 bits per heavy atom. The Balaban J connectivity index is 1.51. The van der Waals surface area contributed by atoms with E-state index in [1.54, 1.807) is 15.9 Å². The van der Waals surface area contributed by atoms with Crippen LogP contribution in [0.2, 0.25) is 5.02 Å². The monoisotopic (exact) mass is 459 g/mol. The molecule has 2 amide bonds. The maximum Gasteiger partial charge on any atom is 0.260 e. The van der Waals surface area contributed by atoms with Gasteiger partial charge < -0.3 is 24.3 Å². The standard InChI is InChI=1S/C23H26ClN3O5/c1-14-11-15(2)25-22(29)17(14)12-27-6-5-16-3-4-18(21(24)20(16)23(27)30)32-13-19(28)26-7-9-31-10-8-26/h3-4,11H,5-10,12-13H2,1-2H3,(H,25,29). The number of morpholine rings is 1. The van der Waals surface area contributed by atoms with Crippen molar-refractivity contribution < 1.29 is 19.1 Å². The molecule has 1 N–H and O–H groups in total. The van der Waals surface area contributed by atoms with Gasteiger partial charge in [-0.25, -0.2) is 0 Å². The maximum atomic E-state index is 13.3. The molecule has 1 fully saturated rings. The average molecular weight is 460 g/mol. The number of carbonyl (C=O) groups excluding carboxylic acids is 2. The summed E-state index contributed by atoms with van der Waals surface area (Å²) in [6.07, 6.45) is 0.622. The third-order valence-corrected chi connectivity index (χ3v) is 6.28. The van der Waals surface area contributed by atoms with Crippen molar-refractivity contribution in [1.29, 1.82) is 0 Å². The van der Waals surface area contributed by atoms with Crippen molar-refractivity contribution in [2.75, 3.05) is 39.5 Å². The van der Waals surface area contributed by atoms with E-state index in [9.17, 15) is 14.4 Å². The van der Waals surface area contributed by atoms with E-state index < -0.39 is 0 Å². The Hall–Kier alpha value is -2.84. The lowest BCUT2D eigenvalue weighted by atomic mass is 9.97. The van der Waals surface area contributed by atoms with Crippen LogP contribution in [0.15, 0.2) is 23.0 Å². The van der Waals surface area contributed by atoms with Gasteiger partial charge in [0.15, 0.2) is 6.61 Å². The number of nitrogens with zero attached hydrogens (tertiary/aromatic N) is 2. The third kappa shape index (κ3) is 4.52. The summed E-state index contributed by atoms with van der Waals surface area (Å²) in [7, 11) is 0. The number of amides is 2. The fraction of sp³-hybridized carbons (Fsp3) is 0.435. The third-order valence-electron chi connectivity index (χ3n) is 5.90. The van der Waals surface area contributed by atoms with Gasteiger partial charge in [0.1, 0.15) is 5.75 Å². The van der Waals surface area contributed by atoms with Crippen molar-refractivity contribution >= 4 is 23.4 Å². The Bertz CT molecular complexity index is 1110. The first kappa shape index (κ1) is 22.4. The minimum atomic E-state index is -0.249. The molecule has 2 aromatic rings. The van der Waals surface area contributed by atoms with Gasteiger partial charge in [0.05, 0.1) is 30.3 Å². The highest BCUT2D eigenvalue weighted by atomic mass is 35.5. The second-order valence-corrected chi connectivity index (χ2v) is 8.49. The highest BCUT2D eigenvalue weighted by Crippen LogP contribution is 2.34. The van der Waals surface area contributed by atoms with Crippen LogP contribution in [0.5, 0.6) is 5.75 Å². The van der Waals surface area contributed by atoms with E-state index in [1.807, 2.05) is 26.0 Å². The number of H-pyrrole nitrogens is 1. The van der Waals surface area contributed by atoms with Crippen molar-refractivity contribution in [2.24, 2.45) is 0 Å². The van der Waals surface area contributed by atoms with Crippen molar-refractivity contribution in [3.05, 3.63) is 61.5 Å². The number of hydrogen-bond acceptors (Lipinski definition) is 5. The summed E-state index contributed by atoms with van der Waals surface area (Å²) in [5.74, 6) is -0.101. The molecule has 0 atom stereocenters. The van der Waals surface area contributed by atoms with Crippen molar-refractivity contribution in [3.8, 4) is 5.75 Å². The predicted octanol–water partition coefficient (Wildman–Crippen LogP) is 2.08. The van der Waals surface area contributed by atoms with E-state index in [-0.39, 0.29) is 35.5 Å². The molecule has 0 spiro atoms. The first-order valence-corrected chi connectivity index (χ1v) is 11.0. The van der Waals surface area contributed by atoms with E-state index in [4.69, 9.17) is 21.1 Å². The molecule has 170 valence electrons. The van der Waals surface area contributed by atoms with Gasteiger partial charge in [-0.1, -0.05) is 17.7 Å². The Morgan fingerprint density at radius 1 is 1.19 bits per heavy atom. The number of halogens is 1. The van der Waals surface area contributed by atoms with Gasteiger partial charge in [-0.15, -0.1) is 0 Å². The number of aromatic amines is 1.